The first-order chi connectivity index (χ1) is 19.2. The van der Waals surface area contributed by atoms with Crippen molar-refractivity contribution in [3.63, 3.8) is 0 Å². The Kier molecular flexibility index (Phi) is 10.1. The third-order valence-electron chi connectivity index (χ3n) is 5.31. The number of anilines is 1. The molecule has 4 rings (SSSR count). The minimum absolute atomic E-state index is 0.243. The SMILES string of the molecule is CCOC(=O)C(C)(C)CSc1cnc(NC(=O)c2nc(Sc3nncn3C)ccc2Sc2ccc(OC)cc2)s1. The predicted octanol–water partition coefficient (Wildman–Crippen LogP) is 5.91. The van der Waals surface area contributed by atoms with Gasteiger partial charge in [-0.05, 0) is 68.9 Å². The van der Waals surface area contributed by atoms with Crippen molar-refractivity contribution in [3.05, 3.63) is 54.6 Å². The van der Waals surface area contributed by atoms with E-state index in [2.05, 4.69) is 25.5 Å². The molecule has 14 heteroatoms. The maximum atomic E-state index is 13.5. The maximum absolute atomic E-state index is 13.5. The van der Waals surface area contributed by atoms with Crippen LogP contribution in [0.1, 0.15) is 31.3 Å². The summed E-state index contributed by atoms with van der Waals surface area (Å²) in [6.07, 6.45) is 3.29. The van der Waals surface area contributed by atoms with E-state index in [1.165, 1.54) is 46.6 Å². The smallest absolute Gasteiger partial charge is 0.312 e. The van der Waals surface area contributed by atoms with E-state index in [4.69, 9.17) is 9.47 Å². The van der Waals surface area contributed by atoms with Gasteiger partial charge in [-0.1, -0.05) is 23.1 Å². The Morgan fingerprint density at radius 1 is 1.12 bits per heavy atom. The zero-order valence-electron chi connectivity index (χ0n) is 22.5. The van der Waals surface area contributed by atoms with Gasteiger partial charge >= 0.3 is 5.97 Å². The lowest BCUT2D eigenvalue weighted by Gasteiger charge is -2.21. The number of hydrogen-bond donors (Lipinski definition) is 1. The van der Waals surface area contributed by atoms with Crippen LogP contribution in [0.15, 0.2) is 73.1 Å². The Balaban J connectivity index is 1.52. The van der Waals surface area contributed by atoms with E-state index in [9.17, 15) is 9.59 Å². The number of carbonyl (C=O) groups excluding carboxylic acids is 2. The van der Waals surface area contributed by atoms with Gasteiger partial charge < -0.3 is 14.0 Å². The summed E-state index contributed by atoms with van der Waals surface area (Å²) in [7, 11) is 3.46. The fraction of sp³-hybridized carbons (Fsp3) is 0.308. The molecule has 0 fully saturated rings. The molecule has 210 valence electrons. The summed E-state index contributed by atoms with van der Waals surface area (Å²) >= 11 is 5.58. The van der Waals surface area contributed by atoms with Crippen LogP contribution in [0.3, 0.4) is 0 Å². The number of aryl methyl sites for hydroxylation is 1. The number of thiazole rings is 1. The first kappa shape index (κ1) is 29.9. The summed E-state index contributed by atoms with van der Waals surface area (Å²) in [6, 6.07) is 11.3. The molecule has 3 aromatic heterocycles. The Morgan fingerprint density at radius 2 is 1.90 bits per heavy atom. The van der Waals surface area contributed by atoms with Gasteiger partial charge in [0.1, 0.15) is 22.8 Å². The molecule has 0 saturated carbocycles. The molecule has 1 aromatic carbocycles. The predicted molar refractivity (Wildman–Crippen MR) is 158 cm³/mol. The van der Waals surface area contributed by atoms with Gasteiger partial charge in [-0.25, -0.2) is 9.97 Å². The van der Waals surface area contributed by atoms with Gasteiger partial charge in [-0.15, -0.1) is 22.0 Å². The number of nitrogens with zero attached hydrogens (tertiary/aromatic N) is 5. The molecule has 3 heterocycles. The maximum Gasteiger partial charge on any atom is 0.312 e. The Morgan fingerprint density at radius 3 is 2.58 bits per heavy atom. The highest BCUT2D eigenvalue weighted by molar-refractivity contribution is 8.01. The van der Waals surface area contributed by atoms with Gasteiger partial charge in [-0.2, -0.15) is 0 Å². The van der Waals surface area contributed by atoms with Crippen molar-refractivity contribution in [2.24, 2.45) is 12.5 Å². The number of rotatable bonds is 12. The average Bonchev–Trinajstić information content (AvgIpc) is 3.57. The second kappa shape index (κ2) is 13.5. The molecule has 0 atom stereocenters. The number of hydrogen-bond acceptors (Lipinski definition) is 12. The topological polar surface area (TPSA) is 121 Å². The number of nitrogens with one attached hydrogen (secondary N) is 1. The van der Waals surface area contributed by atoms with E-state index >= 15 is 0 Å². The van der Waals surface area contributed by atoms with Gasteiger partial charge in [0.15, 0.2) is 10.3 Å². The molecule has 4 aromatic rings. The van der Waals surface area contributed by atoms with Crippen molar-refractivity contribution in [2.75, 3.05) is 24.8 Å². The number of thioether (sulfide) groups is 1. The monoisotopic (exact) mass is 616 g/mol. The minimum atomic E-state index is -0.646. The first-order valence-electron chi connectivity index (χ1n) is 12.1. The lowest BCUT2D eigenvalue weighted by molar-refractivity contribution is -0.152. The Hall–Kier alpha value is -3.07. The van der Waals surface area contributed by atoms with Crippen LogP contribution in [-0.4, -0.2) is 56.1 Å². The van der Waals surface area contributed by atoms with Crippen LogP contribution in [0, 0.1) is 5.41 Å². The fourth-order valence-electron chi connectivity index (χ4n) is 3.14. The number of carbonyl (C=O) groups is 2. The van der Waals surface area contributed by atoms with Crippen molar-refractivity contribution in [1.29, 1.82) is 0 Å². The summed E-state index contributed by atoms with van der Waals surface area (Å²) in [6.45, 7) is 5.83. The summed E-state index contributed by atoms with van der Waals surface area (Å²) in [4.78, 5) is 36.3. The number of esters is 1. The number of aromatic nitrogens is 5. The van der Waals surface area contributed by atoms with Crippen LogP contribution in [0.2, 0.25) is 0 Å². The lowest BCUT2D eigenvalue weighted by atomic mass is 9.97. The third kappa shape index (κ3) is 7.77. The zero-order chi connectivity index (χ0) is 28.7. The molecule has 0 aliphatic heterocycles. The molecule has 0 spiro atoms. The number of benzene rings is 1. The molecular weight excluding hydrogens is 589 g/mol. The van der Waals surface area contributed by atoms with Crippen molar-refractivity contribution in [1.82, 2.24) is 24.7 Å². The average molecular weight is 617 g/mol. The largest absolute Gasteiger partial charge is 0.497 e. The molecule has 40 heavy (non-hydrogen) atoms. The van der Waals surface area contributed by atoms with Crippen molar-refractivity contribution in [3.8, 4) is 5.75 Å². The van der Waals surface area contributed by atoms with Crippen LogP contribution in [0.25, 0.3) is 0 Å². The Labute approximate surface area is 249 Å². The third-order valence-corrected chi connectivity index (χ3v) is 9.92. The molecule has 0 aliphatic rings. The van der Waals surface area contributed by atoms with Crippen LogP contribution >= 0.6 is 46.6 Å². The van der Waals surface area contributed by atoms with Gasteiger partial charge in [0.2, 0.25) is 0 Å². The fourth-order valence-corrected chi connectivity index (χ4v) is 6.72. The number of ether oxygens (including phenoxy) is 2. The van der Waals surface area contributed by atoms with Crippen molar-refractivity contribution in [2.45, 2.75) is 45.0 Å². The van der Waals surface area contributed by atoms with Crippen LogP contribution < -0.4 is 10.1 Å². The van der Waals surface area contributed by atoms with E-state index in [-0.39, 0.29) is 17.6 Å². The van der Waals surface area contributed by atoms with Crippen molar-refractivity contribution >= 4 is 63.6 Å². The first-order valence-corrected chi connectivity index (χ1v) is 15.5. The molecule has 1 amide bonds. The summed E-state index contributed by atoms with van der Waals surface area (Å²) in [5.41, 5.74) is -0.382. The summed E-state index contributed by atoms with van der Waals surface area (Å²) < 4.78 is 13.1. The van der Waals surface area contributed by atoms with E-state index in [1.807, 2.05) is 57.3 Å². The second-order valence-corrected chi connectivity index (χ2v) is 13.3. The van der Waals surface area contributed by atoms with E-state index in [0.717, 1.165) is 14.9 Å². The van der Waals surface area contributed by atoms with E-state index in [1.54, 1.807) is 31.1 Å². The minimum Gasteiger partial charge on any atom is -0.497 e. The molecule has 0 unspecified atom stereocenters. The Bertz CT molecular complexity index is 1470. The number of pyridine rings is 1. The molecule has 0 aliphatic carbocycles. The summed E-state index contributed by atoms with van der Waals surface area (Å²) in [5, 5.41) is 12.6. The second-order valence-electron chi connectivity index (χ2n) is 8.93. The van der Waals surface area contributed by atoms with Crippen LogP contribution in [0.4, 0.5) is 5.13 Å². The molecule has 1 N–H and O–H groups in total. The van der Waals surface area contributed by atoms with Crippen molar-refractivity contribution < 1.29 is 19.1 Å². The van der Waals surface area contributed by atoms with Gasteiger partial charge in [-0.3, -0.25) is 14.9 Å². The molecule has 10 nitrogen and oxygen atoms in total. The van der Waals surface area contributed by atoms with Crippen LogP contribution in [-0.2, 0) is 16.6 Å². The normalized spacial score (nSPS) is 11.3. The molecular formula is C26H28N6O4S4. The van der Waals surface area contributed by atoms with E-state index < -0.39 is 5.41 Å². The zero-order valence-corrected chi connectivity index (χ0v) is 25.8. The number of amides is 1. The lowest BCUT2D eigenvalue weighted by Crippen LogP contribution is -2.29. The van der Waals surface area contributed by atoms with Gasteiger partial charge in [0, 0.05) is 22.6 Å². The molecule has 0 radical (unpaired) electrons. The summed E-state index contributed by atoms with van der Waals surface area (Å²) in [5.74, 6) is 0.646. The quantitative estimate of drug-likeness (QED) is 0.151. The molecule has 0 bridgehead atoms. The highest BCUT2D eigenvalue weighted by Crippen LogP contribution is 2.36. The van der Waals surface area contributed by atoms with Crippen LogP contribution in [0.5, 0.6) is 5.75 Å². The van der Waals surface area contributed by atoms with E-state index in [0.29, 0.717) is 32.6 Å². The standard InChI is InChI=1S/C26H28N6O4S4/c1-6-36-23(34)26(2,3)14-37-20-13-27-24(40-20)30-22(33)21-18(38-17-9-7-16(35-5)8-10-17)11-12-19(29-21)39-25-31-28-15-32(25)4/h7-13,15H,6,14H2,1-5H3,(H,27,30,33). The highest BCUT2D eigenvalue weighted by atomic mass is 32.2. The molecule has 0 saturated heterocycles. The van der Waals surface area contributed by atoms with Gasteiger partial charge in [0.25, 0.3) is 5.91 Å². The highest BCUT2D eigenvalue weighted by Gasteiger charge is 2.29. The van der Waals surface area contributed by atoms with Gasteiger partial charge in [0.05, 0.1) is 29.5 Å². The number of methoxy groups -OCH3 is 1.